The van der Waals surface area contributed by atoms with Crippen molar-refractivity contribution < 1.29 is 17.6 Å². The monoisotopic (exact) mass is 517 g/mol. The molecule has 4 rings (SSSR count). The Kier molecular flexibility index (Phi) is 6.80. The fraction of sp³-hybridized carbons (Fsp3) is 0.167. The molecule has 0 fully saturated rings. The van der Waals surface area contributed by atoms with Crippen molar-refractivity contribution in [2.75, 3.05) is 4.31 Å². The molecule has 1 amide bonds. The van der Waals surface area contributed by atoms with E-state index in [1.165, 1.54) is 30.3 Å². The smallest absolute Gasteiger partial charge is 0.266 e. The Hall–Kier alpha value is -3.12. The minimum absolute atomic E-state index is 0.0380. The number of rotatable bonds is 6. The van der Waals surface area contributed by atoms with E-state index in [-0.39, 0.29) is 21.0 Å². The molecule has 1 aliphatic carbocycles. The average molecular weight is 518 g/mol. The summed E-state index contributed by atoms with van der Waals surface area (Å²) in [7, 11) is -4.56. The van der Waals surface area contributed by atoms with Gasteiger partial charge < -0.3 is 5.32 Å². The van der Waals surface area contributed by atoms with Crippen molar-refractivity contribution in [3.8, 4) is 6.07 Å². The van der Waals surface area contributed by atoms with Crippen molar-refractivity contribution in [1.82, 2.24) is 5.32 Å². The molecular weight excluding hydrogens is 500 g/mol. The van der Waals surface area contributed by atoms with Gasteiger partial charge in [-0.15, -0.1) is 0 Å². The van der Waals surface area contributed by atoms with Gasteiger partial charge in [0.1, 0.15) is 5.82 Å². The van der Waals surface area contributed by atoms with E-state index in [2.05, 4.69) is 5.32 Å². The standard InChI is InChI=1S/C24H18Cl2FN3O3S/c25-17-5-8-20(9-6-17)34(32,33)30(22-13-18(26)7-10-21(22)27)23(14-28)24(31)29-19-11-15-3-1-2-4-16(15)12-19/h1-10,13,19,23H,11-12H2,(H,29,31). The molecule has 0 saturated heterocycles. The van der Waals surface area contributed by atoms with Crippen molar-refractivity contribution in [2.24, 2.45) is 0 Å². The second-order valence-electron chi connectivity index (χ2n) is 7.76. The van der Waals surface area contributed by atoms with Crippen LogP contribution >= 0.6 is 23.2 Å². The minimum atomic E-state index is -4.56. The summed E-state index contributed by atoms with van der Waals surface area (Å²) in [5, 5.41) is 13.0. The van der Waals surface area contributed by atoms with Gasteiger partial charge in [-0.2, -0.15) is 5.26 Å². The van der Waals surface area contributed by atoms with Gasteiger partial charge >= 0.3 is 0 Å². The van der Waals surface area contributed by atoms with E-state index in [0.29, 0.717) is 17.1 Å². The first-order valence-corrected chi connectivity index (χ1v) is 12.4. The van der Waals surface area contributed by atoms with Gasteiger partial charge in [0.15, 0.2) is 0 Å². The molecule has 0 bridgehead atoms. The maximum Gasteiger partial charge on any atom is 0.266 e. The summed E-state index contributed by atoms with van der Waals surface area (Å²) in [6.45, 7) is 0. The Balaban J connectivity index is 1.73. The molecular formula is C24H18Cl2FN3O3S. The Bertz CT molecular complexity index is 1370. The number of sulfonamides is 1. The van der Waals surface area contributed by atoms with Gasteiger partial charge in [0, 0.05) is 16.1 Å². The number of fused-ring (bicyclic) bond motifs is 1. The fourth-order valence-electron chi connectivity index (χ4n) is 3.94. The average Bonchev–Trinajstić information content (AvgIpc) is 3.21. The Morgan fingerprint density at radius 2 is 1.62 bits per heavy atom. The first-order chi connectivity index (χ1) is 16.2. The molecule has 0 aliphatic heterocycles. The van der Waals surface area contributed by atoms with E-state index in [1.807, 2.05) is 24.3 Å². The Labute approximate surface area is 206 Å². The zero-order chi connectivity index (χ0) is 24.5. The maximum atomic E-state index is 14.8. The zero-order valence-electron chi connectivity index (χ0n) is 17.6. The van der Waals surface area contributed by atoms with Gasteiger partial charge in [-0.1, -0.05) is 47.5 Å². The molecule has 10 heteroatoms. The summed E-state index contributed by atoms with van der Waals surface area (Å²) in [5.41, 5.74) is 1.61. The number of anilines is 1. The summed E-state index contributed by atoms with van der Waals surface area (Å²) in [6.07, 6.45) is 1.07. The minimum Gasteiger partial charge on any atom is -0.350 e. The number of amides is 1. The van der Waals surface area contributed by atoms with Crippen LogP contribution < -0.4 is 9.62 Å². The predicted molar refractivity (Wildman–Crippen MR) is 128 cm³/mol. The summed E-state index contributed by atoms with van der Waals surface area (Å²) < 4.78 is 42.5. The summed E-state index contributed by atoms with van der Waals surface area (Å²) in [6, 6.07) is 15.6. The number of nitrogens with one attached hydrogen (secondary N) is 1. The third-order valence-electron chi connectivity index (χ3n) is 5.52. The number of carbonyl (C=O) groups is 1. The van der Waals surface area contributed by atoms with E-state index in [9.17, 15) is 22.9 Å². The molecule has 1 aliphatic rings. The predicted octanol–water partition coefficient (Wildman–Crippen LogP) is 4.50. The normalized spacial score (nSPS) is 14.2. The zero-order valence-corrected chi connectivity index (χ0v) is 19.9. The summed E-state index contributed by atoms with van der Waals surface area (Å²) >= 11 is 11.9. The molecule has 1 N–H and O–H groups in total. The third kappa shape index (κ3) is 4.73. The van der Waals surface area contributed by atoms with Crippen LogP contribution in [0, 0.1) is 17.1 Å². The van der Waals surface area contributed by atoms with E-state index in [1.54, 1.807) is 6.07 Å². The third-order valence-corrected chi connectivity index (χ3v) is 7.80. The molecule has 1 atom stereocenters. The van der Waals surface area contributed by atoms with Crippen LogP contribution in [0.15, 0.2) is 71.6 Å². The molecule has 0 radical (unpaired) electrons. The number of hydrogen-bond acceptors (Lipinski definition) is 4. The largest absolute Gasteiger partial charge is 0.350 e. The van der Waals surface area contributed by atoms with Crippen molar-refractivity contribution in [1.29, 1.82) is 5.26 Å². The first-order valence-electron chi connectivity index (χ1n) is 10.2. The first kappa shape index (κ1) is 24.0. The molecule has 3 aromatic carbocycles. The topological polar surface area (TPSA) is 90.3 Å². The van der Waals surface area contributed by atoms with E-state index in [4.69, 9.17) is 23.2 Å². The lowest BCUT2D eigenvalue weighted by atomic mass is 10.1. The van der Waals surface area contributed by atoms with Gasteiger partial charge in [0.05, 0.1) is 16.7 Å². The fourth-order valence-corrected chi connectivity index (χ4v) is 5.76. The van der Waals surface area contributed by atoms with Crippen LogP contribution in [0.2, 0.25) is 10.0 Å². The van der Waals surface area contributed by atoms with Crippen LogP contribution in [0.4, 0.5) is 10.1 Å². The second-order valence-corrected chi connectivity index (χ2v) is 10.5. The van der Waals surface area contributed by atoms with Crippen LogP contribution in [-0.4, -0.2) is 26.4 Å². The quantitative estimate of drug-likeness (QED) is 0.520. The van der Waals surface area contributed by atoms with Gasteiger partial charge in [0.2, 0.25) is 6.04 Å². The van der Waals surface area contributed by atoms with Crippen LogP contribution in [0.25, 0.3) is 0 Å². The summed E-state index contributed by atoms with van der Waals surface area (Å²) in [5.74, 6) is -1.82. The molecule has 0 saturated carbocycles. The lowest BCUT2D eigenvalue weighted by molar-refractivity contribution is -0.121. The highest BCUT2D eigenvalue weighted by atomic mass is 35.5. The van der Waals surface area contributed by atoms with Crippen LogP contribution in [0.3, 0.4) is 0 Å². The van der Waals surface area contributed by atoms with Crippen LogP contribution in [0.5, 0.6) is 0 Å². The number of nitriles is 1. The highest BCUT2D eigenvalue weighted by Crippen LogP contribution is 2.32. The van der Waals surface area contributed by atoms with E-state index >= 15 is 0 Å². The van der Waals surface area contributed by atoms with Gasteiger partial charge in [-0.05, 0) is 66.4 Å². The van der Waals surface area contributed by atoms with Crippen LogP contribution in [-0.2, 0) is 27.7 Å². The molecule has 3 aromatic rings. The number of halogens is 3. The van der Waals surface area contributed by atoms with Crippen molar-refractivity contribution in [3.63, 3.8) is 0 Å². The molecule has 174 valence electrons. The number of carbonyl (C=O) groups excluding carboxylic acids is 1. The van der Waals surface area contributed by atoms with Crippen LogP contribution in [0.1, 0.15) is 11.1 Å². The van der Waals surface area contributed by atoms with Crippen molar-refractivity contribution >= 4 is 44.8 Å². The van der Waals surface area contributed by atoms with Gasteiger partial charge in [-0.25, -0.2) is 17.1 Å². The number of hydrogen-bond donors (Lipinski definition) is 1. The van der Waals surface area contributed by atoms with Gasteiger partial charge in [0.25, 0.3) is 15.9 Å². The molecule has 6 nitrogen and oxygen atoms in total. The highest BCUT2D eigenvalue weighted by Gasteiger charge is 2.39. The van der Waals surface area contributed by atoms with Crippen molar-refractivity contribution in [2.45, 2.75) is 29.8 Å². The molecule has 0 aromatic heterocycles. The van der Waals surface area contributed by atoms with E-state index < -0.39 is 33.5 Å². The Morgan fingerprint density at radius 3 is 2.21 bits per heavy atom. The van der Waals surface area contributed by atoms with Crippen molar-refractivity contribution in [3.05, 3.63) is 93.7 Å². The molecule has 34 heavy (non-hydrogen) atoms. The molecule has 1 unspecified atom stereocenters. The second kappa shape index (κ2) is 9.63. The molecule has 0 spiro atoms. The lowest BCUT2D eigenvalue weighted by Crippen LogP contribution is -2.52. The Morgan fingerprint density at radius 1 is 1.03 bits per heavy atom. The lowest BCUT2D eigenvalue weighted by Gasteiger charge is -2.29. The maximum absolute atomic E-state index is 14.8. The SMILES string of the molecule is N#CC(C(=O)NC1Cc2ccccc2C1)N(c1cc(Cl)ccc1F)S(=O)(=O)c1ccc(Cl)cc1. The van der Waals surface area contributed by atoms with Gasteiger partial charge in [-0.3, -0.25) is 4.79 Å². The number of nitrogens with zero attached hydrogens (tertiary/aromatic N) is 2. The highest BCUT2D eigenvalue weighted by molar-refractivity contribution is 7.93. The molecule has 0 heterocycles. The van der Waals surface area contributed by atoms with E-state index in [0.717, 1.165) is 23.3 Å². The summed E-state index contributed by atoms with van der Waals surface area (Å²) in [4.78, 5) is 12.9. The number of benzene rings is 3.